The molecule has 11 nitrogen and oxygen atoms in total. The van der Waals surface area contributed by atoms with Crippen LogP contribution in [-0.4, -0.2) is 97.2 Å². The molecule has 1 aliphatic carbocycles. The summed E-state index contributed by atoms with van der Waals surface area (Å²) in [6.45, 7) is 4.51. The molecule has 0 aromatic heterocycles. The van der Waals surface area contributed by atoms with Gasteiger partial charge in [-0.05, 0) is 44.6 Å². The Morgan fingerprint density at radius 3 is 2.09 bits per heavy atom. The zero-order chi connectivity index (χ0) is 41.5. The summed E-state index contributed by atoms with van der Waals surface area (Å²) < 4.78 is 34.6. The summed E-state index contributed by atoms with van der Waals surface area (Å²) in [6, 6.07) is 0. The van der Waals surface area contributed by atoms with Gasteiger partial charge in [0.15, 0.2) is 6.10 Å². The number of phosphoric acid groups is 1. The fourth-order valence-corrected chi connectivity index (χ4v) is 7.36. The second-order valence-electron chi connectivity index (χ2n) is 16.6. The van der Waals surface area contributed by atoms with Crippen LogP contribution in [0.3, 0.4) is 0 Å². The lowest BCUT2D eigenvalue weighted by Crippen LogP contribution is -2.37. The van der Waals surface area contributed by atoms with Gasteiger partial charge in [0.05, 0.1) is 46.2 Å². The third-order valence-corrected chi connectivity index (χ3v) is 11.1. The summed E-state index contributed by atoms with van der Waals surface area (Å²) in [5.74, 6) is -1.14. The van der Waals surface area contributed by atoms with Crippen LogP contribution < -0.4 is 0 Å². The van der Waals surface area contributed by atoms with Crippen LogP contribution in [0.25, 0.3) is 0 Å². The SMILES string of the molecule is CCCCCCCCCCCCCC/C=C/OC[C@H](COP(=O)(O)OCC[N+](C)(C)C)OC(=O)CCC/C=C\C[C@H]1C(=O)C[C@@H](O)[C@@H]1/C=C/[C@@H](O)CCCCC. The van der Waals surface area contributed by atoms with E-state index in [0.29, 0.717) is 36.7 Å². The van der Waals surface area contributed by atoms with E-state index in [9.17, 15) is 29.3 Å². The van der Waals surface area contributed by atoms with Crippen LogP contribution in [0.5, 0.6) is 0 Å². The third-order valence-electron chi connectivity index (χ3n) is 10.1. The van der Waals surface area contributed by atoms with Gasteiger partial charge in [-0.3, -0.25) is 18.6 Å². The Bertz CT molecular complexity index is 1150. The Labute approximate surface area is 340 Å². The fraction of sp³-hybridized carbons (Fsp3) is 0.818. The molecule has 56 heavy (non-hydrogen) atoms. The highest BCUT2D eigenvalue weighted by molar-refractivity contribution is 7.47. The van der Waals surface area contributed by atoms with Gasteiger partial charge in [0.2, 0.25) is 0 Å². The second kappa shape index (κ2) is 32.1. The molecule has 0 heterocycles. The number of hydrogen-bond acceptors (Lipinski definition) is 9. The molecule has 1 fully saturated rings. The zero-order valence-electron chi connectivity index (χ0n) is 35.8. The first-order valence-corrected chi connectivity index (χ1v) is 23.4. The maximum atomic E-state index is 12.8. The number of aliphatic hydroxyl groups excluding tert-OH is 2. The van der Waals surface area contributed by atoms with E-state index in [1.807, 2.05) is 39.4 Å². The average molecular weight is 815 g/mol. The smallest absolute Gasteiger partial charge is 0.472 e. The van der Waals surface area contributed by atoms with Crippen LogP contribution in [0.2, 0.25) is 0 Å². The molecule has 0 amide bonds. The summed E-state index contributed by atoms with van der Waals surface area (Å²) >= 11 is 0. The van der Waals surface area contributed by atoms with Crippen molar-refractivity contribution in [3.63, 3.8) is 0 Å². The third kappa shape index (κ3) is 28.5. The molecule has 0 radical (unpaired) electrons. The largest absolute Gasteiger partial charge is 0.498 e. The van der Waals surface area contributed by atoms with Crippen LogP contribution in [0.1, 0.15) is 155 Å². The predicted octanol–water partition coefficient (Wildman–Crippen LogP) is 9.54. The number of likely N-dealkylation sites (N-methyl/N-ethyl adjacent to an activating group) is 1. The summed E-state index contributed by atoms with van der Waals surface area (Å²) in [5.41, 5.74) is 0. The molecule has 3 N–H and O–H groups in total. The number of allylic oxidation sites excluding steroid dienone is 3. The minimum Gasteiger partial charge on any atom is -0.498 e. The maximum absolute atomic E-state index is 12.8. The summed E-state index contributed by atoms with van der Waals surface area (Å²) in [4.78, 5) is 35.5. The van der Waals surface area contributed by atoms with Crippen molar-refractivity contribution < 1.29 is 52.3 Å². The molecule has 0 aromatic carbocycles. The van der Waals surface area contributed by atoms with Crippen LogP contribution in [0.4, 0.5) is 0 Å². The van der Waals surface area contributed by atoms with Crippen LogP contribution in [0, 0.1) is 11.8 Å². The van der Waals surface area contributed by atoms with E-state index < -0.39 is 32.1 Å². The Kier molecular flexibility index (Phi) is 29.9. The van der Waals surface area contributed by atoms with Gasteiger partial charge in [0, 0.05) is 24.7 Å². The highest BCUT2D eigenvalue weighted by atomic mass is 31.2. The van der Waals surface area contributed by atoms with Gasteiger partial charge in [-0.1, -0.05) is 128 Å². The minimum atomic E-state index is -4.36. The van der Waals surface area contributed by atoms with Crippen molar-refractivity contribution in [2.24, 2.45) is 11.8 Å². The summed E-state index contributed by atoms with van der Waals surface area (Å²) in [5, 5.41) is 20.7. The second-order valence-corrected chi connectivity index (χ2v) is 18.0. The number of carbonyl (C=O) groups excluding carboxylic acids is 2. The van der Waals surface area contributed by atoms with E-state index in [-0.39, 0.29) is 50.3 Å². The van der Waals surface area contributed by atoms with E-state index in [0.717, 1.165) is 32.1 Å². The first kappa shape index (κ1) is 52.2. The van der Waals surface area contributed by atoms with E-state index in [4.69, 9.17) is 18.5 Å². The van der Waals surface area contributed by atoms with Gasteiger partial charge in [-0.2, -0.15) is 0 Å². The lowest BCUT2D eigenvalue weighted by molar-refractivity contribution is -0.870. The first-order valence-electron chi connectivity index (χ1n) is 21.9. The number of Topliss-reactive ketones (excluding diaryl/α,β-unsaturated/α-hetero) is 1. The molecular formula is C44H81NO10P+. The number of hydrogen-bond donors (Lipinski definition) is 3. The van der Waals surface area contributed by atoms with Gasteiger partial charge in [0.1, 0.15) is 25.5 Å². The molecule has 0 aromatic rings. The predicted molar refractivity (Wildman–Crippen MR) is 225 cm³/mol. The molecule has 0 bridgehead atoms. The maximum Gasteiger partial charge on any atom is 0.472 e. The Morgan fingerprint density at radius 2 is 1.45 bits per heavy atom. The molecule has 6 atom stereocenters. The van der Waals surface area contributed by atoms with E-state index >= 15 is 0 Å². The van der Waals surface area contributed by atoms with Gasteiger partial charge in [-0.15, -0.1) is 0 Å². The van der Waals surface area contributed by atoms with Crippen LogP contribution >= 0.6 is 7.82 Å². The number of esters is 1. The number of aliphatic hydroxyl groups is 2. The average Bonchev–Trinajstić information content (AvgIpc) is 3.40. The number of ketones is 1. The molecule has 1 rings (SSSR count). The van der Waals surface area contributed by atoms with Crippen molar-refractivity contribution in [2.45, 2.75) is 173 Å². The number of ether oxygens (including phenoxy) is 2. The molecular weight excluding hydrogens is 733 g/mol. The van der Waals surface area contributed by atoms with Crippen LogP contribution in [-0.2, 0) is 32.7 Å². The highest BCUT2D eigenvalue weighted by Gasteiger charge is 2.39. The molecule has 0 aliphatic heterocycles. The highest BCUT2D eigenvalue weighted by Crippen LogP contribution is 2.43. The van der Waals surface area contributed by atoms with Crippen molar-refractivity contribution in [1.29, 1.82) is 0 Å². The molecule has 0 spiro atoms. The number of quaternary nitrogens is 1. The van der Waals surface area contributed by atoms with Crippen molar-refractivity contribution in [3.05, 3.63) is 36.6 Å². The van der Waals surface area contributed by atoms with Crippen LogP contribution in [0.15, 0.2) is 36.6 Å². The Hall–Kier alpha value is -1.85. The van der Waals surface area contributed by atoms with Crippen molar-refractivity contribution in [2.75, 3.05) is 47.5 Å². The van der Waals surface area contributed by atoms with Gasteiger partial charge in [0.25, 0.3) is 0 Å². The van der Waals surface area contributed by atoms with E-state index in [1.165, 1.54) is 70.6 Å². The molecule has 1 aliphatic rings. The Morgan fingerprint density at radius 1 is 0.839 bits per heavy atom. The molecule has 1 saturated carbocycles. The molecule has 12 heteroatoms. The summed E-state index contributed by atoms with van der Waals surface area (Å²) in [6.07, 6.45) is 30.6. The zero-order valence-corrected chi connectivity index (χ0v) is 36.7. The minimum absolute atomic E-state index is 0.0155. The van der Waals surface area contributed by atoms with Gasteiger partial charge in [-0.25, -0.2) is 4.57 Å². The number of nitrogens with zero attached hydrogens (tertiary/aromatic N) is 1. The van der Waals surface area contributed by atoms with Crippen molar-refractivity contribution in [3.8, 4) is 0 Å². The molecule has 326 valence electrons. The van der Waals surface area contributed by atoms with Gasteiger partial charge >= 0.3 is 13.8 Å². The van der Waals surface area contributed by atoms with Gasteiger partial charge < -0.3 is 29.1 Å². The molecule has 1 unspecified atom stereocenters. The van der Waals surface area contributed by atoms with Crippen molar-refractivity contribution >= 4 is 19.6 Å². The number of unbranched alkanes of at least 4 members (excludes halogenated alkanes) is 15. The molecule has 0 saturated heterocycles. The van der Waals surface area contributed by atoms with E-state index in [1.54, 1.807) is 18.4 Å². The number of rotatable bonds is 36. The normalized spacial score (nSPS) is 20.0. The standard InChI is InChI=1S/C44H80NO10P/c1-6-8-10-11-12-13-14-15-16-17-18-19-22-26-33-52-36-39(37-54-56(50,51)53-34-32-45(3,4)5)55-44(49)29-25-21-20-24-28-40-41(43(48)35-42(40)47)31-30-38(46)27-23-9-7-2/h20,24,26,30-31,33,38-41,43,46,48H,6-19,21-23,25,27-29,32,34-37H2,1-5H3/p+1/b24-20-,31-30+,33-26+/t38-,39+,40+,41+,43+/m0/s1. The number of carbonyl (C=O) groups is 2. The lowest BCUT2D eigenvalue weighted by Gasteiger charge is -2.24. The first-order chi connectivity index (χ1) is 26.8. The topological polar surface area (TPSA) is 149 Å². The lowest BCUT2D eigenvalue weighted by atomic mass is 9.90. The van der Waals surface area contributed by atoms with Crippen molar-refractivity contribution in [1.82, 2.24) is 0 Å². The number of phosphoric ester groups is 1. The Balaban J connectivity index is 2.50. The van der Waals surface area contributed by atoms with E-state index in [2.05, 4.69) is 13.8 Å². The summed E-state index contributed by atoms with van der Waals surface area (Å²) in [7, 11) is 1.47. The fourth-order valence-electron chi connectivity index (χ4n) is 6.62. The monoisotopic (exact) mass is 815 g/mol. The quantitative estimate of drug-likeness (QED) is 0.0139.